The smallest absolute Gasteiger partial charge is 0.271 e. The maximum absolute atomic E-state index is 12.9. The van der Waals surface area contributed by atoms with E-state index in [1.165, 1.54) is 12.8 Å². The third-order valence-corrected chi connectivity index (χ3v) is 5.92. The van der Waals surface area contributed by atoms with E-state index in [0.717, 1.165) is 35.7 Å². The van der Waals surface area contributed by atoms with Crippen LogP contribution in [0.3, 0.4) is 0 Å². The van der Waals surface area contributed by atoms with Gasteiger partial charge < -0.3 is 14.8 Å². The number of hydrogen-bond acceptors (Lipinski definition) is 5. The van der Waals surface area contributed by atoms with Gasteiger partial charge in [-0.05, 0) is 74.3 Å². The molecule has 4 rings (SSSR count). The Bertz CT molecular complexity index is 1070. The molecular formula is C25H30N4O3. The number of nitrogens with zero attached hydrogens (tertiary/aromatic N) is 3. The summed E-state index contributed by atoms with van der Waals surface area (Å²) in [5.41, 5.74) is 3.41. The lowest BCUT2D eigenvalue weighted by Gasteiger charge is -2.28. The number of hydrogen-bond donors (Lipinski definition) is 1. The van der Waals surface area contributed by atoms with Crippen LogP contribution in [0.1, 0.15) is 40.5 Å². The van der Waals surface area contributed by atoms with Crippen molar-refractivity contribution in [1.82, 2.24) is 20.0 Å². The fourth-order valence-corrected chi connectivity index (χ4v) is 4.20. The second kappa shape index (κ2) is 9.87. The minimum absolute atomic E-state index is 0.0931. The third kappa shape index (κ3) is 4.78. The average Bonchev–Trinajstić information content (AvgIpc) is 3.52. The van der Waals surface area contributed by atoms with Crippen LogP contribution >= 0.6 is 0 Å². The summed E-state index contributed by atoms with van der Waals surface area (Å²) >= 11 is 0. The Balaban J connectivity index is 1.50. The predicted octanol–water partition coefficient (Wildman–Crippen LogP) is 3.76. The molecule has 3 aromatic rings. The largest absolute Gasteiger partial charge is 0.497 e. The van der Waals surface area contributed by atoms with Crippen molar-refractivity contribution in [1.29, 1.82) is 0 Å². The minimum Gasteiger partial charge on any atom is -0.497 e. The Morgan fingerprint density at radius 2 is 1.91 bits per heavy atom. The number of likely N-dealkylation sites (tertiary alicyclic amines) is 1. The van der Waals surface area contributed by atoms with Gasteiger partial charge in [0.05, 0.1) is 20.3 Å². The molecule has 1 saturated heterocycles. The molecule has 1 aromatic heterocycles. The molecule has 0 saturated carbocycles. The van der Waals surface area contributed by atoms with Gasteiger partial charge in [0.1, 0.15) is 17.2 Å². The Labute approximate surface area is 188 Å². The van der Waals surface area contributed by atoms with Gasteiger partial charge in [0.15, 0.2) is 5.69 Å². The molecule has 0 aliphatic carbocycles. The first-order chi connectivity index (χ1) is 15.6. The number of aryl methyl sites for hydroxylation is 1. The van der Waals surface area contributed by atoms with Crippen LogP contribution in [0.2, 0.25) is 0 Å². The lowest BCUT2D eigenvalue weighted by molar-refractivity contribution is 0.0932. The predicted molar refractivity (Wildman–Crippen MR) is 124 cm³/mol. The number of methoxy groups -OCH3 is 2. The van der Waals surface area contributed by atoms with Crippen molar-refractivity contribution in [3.63, 3.8) is 0 Å². The Hall–Kier alpha value is -3.32. The monoisotopic (exact) mass is 434 g/mol. The molecule has 1 atom stereocenters. The average molecular weight is 435 g/mol. The first-order valence-electron chi connectivity index (χ1n) is 11.0. The van der Waals surface area contributed by atoms with Crippen LogP contribution < -0.4 is 14.8 Å². The molecule has 7 nitrogen and oxygen atoms in total. The van der Waals surface area contributed by atoms with E-state index in [4.69, 9.17) is 9.47 Å². The van der Waals surface area contributed by atoms with Gasteiger partial charge in [-0.25, -0.2) is 4.68 Å². The lowest BCUT2D eigenvalue weighted by Crippen LogP contribution is -2.37. The number of ether oxygens (including phenoxy) is 2. The SMILES string of the molecule is COc1cccc(C(CNC(=O)c2ccn(-c3cc(C)ccc3OC)n2)N2CCCC2)c1. The van der Waals surface area contributed by atoms with Gasteiger partial charge in [0, 0.05) is 12.7 Å². The second-order valence-corrected chi connectivity index (χ2v) is 8.07. The summed E-state index contributed by atoms with van der Waals surface area (Å²) in [6.07, 6.45) is 4.14. The van der Waals surface area contributed by atoms with E-state index in [9.17, 15) is 4.79 Å². The van der Waals surface area contributed by atoms with Crippen LogP contribution in [0.4, 0.5) is 0 Å². The summed E-state index contributed by atoms with van der Waals surface area (Å²) in [4.78, 5) is 15.3. The van der Waals surface area contributed by atoms with Crippen LogP contribution in [0.5, 0.6) is 11.5 Å². The number of amides is 1. The van der Waals surface area contributed by atoms with Crippen LogP contribution in [0.25, 0.3) is 5.69 Å². The van der Waals surface area contributed by atoms with Gasteiger partial charge in [0.25, 0.3) is 5.91 Å². The molecule has 2 aromatic carbocycles. The molecule has 0 radical (unpaired) electrons. The normalized spacial score (nSPS) is 14.8. The van der Waals surface area contributed by atoms with Gasteiger partial charge in [-0.1, -0.05) is 18.2 Å². The van der Waals surface area contributed by atoms with Gasteiger partial charge in [0.2, 0.25) is 0 Å². The third-order valence-electron chi connectivity index (χ3n) is 5.92. The number of benzene rings is 2. The minimum atomic E-state index is -0.192. The van der Waals surface area contributed by atoms with E-state index >= 15 is 0 Å². The van der Waals surface area contributed by atoms with Crippen molar-refractivity contribution in [3.8, 4) is 17.2 Å². The van der Waals surface area contributed by atoms with Crippen molar-refractivity contribution in [2.24, 2.45) is 0 Å². The molecular weight excluding hydrogens is 404 g/mol. The Morgan fingerprint density at radius 3 is 2.66 bits per heavy atom. The molecule has 7 heteroatoms. The van der Waals surface area contributed by atoms with E-state index in [1.54, 1.807) is 31.2 Å². The van der Waals surface area contributed by atoms with Crippen molar-refractivity contribution in [3.05, 3.63) is 71.5 Å². The first-order valence-corrected chi connectivity index (χ1v) is 11.0. The molecule has 1 amide bonds. The molecule has 1 aliphatic rings. The summed E-state index contributed by atoms with van der Waals surface area (Å²) in [6, 6.07) is 15.8. The number of nitrogens with one attached hydrogen (secondary N) is 1. The summed E-state index contributed by atoms with van der Waals surface area (Å²) in [5.74, 6) is 1.34. The molecule has 2 heterocycles. The Kier molecular flexibility index (Phi) is 6.75. The van der Waals surface area contributed by atoms with Gasteiger partial charge in [-0.2, -0.15) is 5.10 Å². The number of rotatable bonds is 8. The summed E-state index contributed by atoms with van der Waals surface area (Å²) in [5, 5.41) is 7.58. The molecule has 1 fully saturated rings. The fraction of sp³-hybridized carbons (Fsp3) is 0.360. The van der Waals surface area contributed by atoms with Crippen molar-refractivity contribution in [2.75, 3.05) is 33.9 Å². The van der Waals surface area contributed by atoms with E-state index in [-0.39, 0.29) is 11.9 Å². The maximum Gasteiger partial charge on any atom is 0.271 e. The summed E-state index contributed by atoms with van der Waals surface area (Å²) in [7, 11) is 3.30. The topological polar surface area (TPSA) is 68.6 Å². The van der Waals surface area contributed by atoms with Crippen molar-refractivity contribution >= 4 is 5.91 Å². The first kappa shape index (κ1) is 21.9. The zero-order valence-corrected chi connectivity index (χ0v) is 18.9. The highest BCUT2D eigenvalue weighted by Crippen LogP contribution is 2.27. The second-order valence-electron chi connectivity index (χ2n) is 8.07. The fourth-order valence-electron chi connectivity index (χ4n) is 4.20. The van der Waals surface area contributed by atoms with Crippen LogP contribution in [0.15, 0.2) is 54.7 Å². The Morgan fingerprint density at radius 1 is 1.09 bits per heavy atom. The zero-order valence-electron chi connectivity index (χ0n) is 18.9. The maximum atomic E-state index is 12.9. The highest BCUT2D eigenvalue weighted by Gasteiger charge is 2.25. The summed E-state index contributed by atoms with van der Waals surface area (Å²) < 4.78 is 12.5. The van der Waals surface area contributed by atoms with Gasteiger partial charge in [-0.15, -0.1) is 0 Å². The zero-order chi connectivity index (χ0) is 22.5. The highest BCUT2D eigenvalue weighted by molar-refractivity contribution is 5.92. The number of aromatic nitrogens is 2. The van der Waals surface area contributed by atoms with Crippen LogP contribution in [-0.2, 0) is 0 Å². The molecule has 1 aliphatic heterocycles. The van der Waals surface area contributed by atoms with E-state index in [2.05, 4.69) is 21.4 Å². The van der Waals surface area contributed by atoms with E-state index in [1.807, 2.05) is 43.3 Å². The standard InChI is InChI=1S/C25H30N4O3/c1-18-9-10-24(32-3)22(15-18)29-14-11-21(27-29)25(30)26-17-23(28-12-4-5-13-28)19-7-6-8-20(16-19)31-2/h6-11,14-16,23H,4-5,12-13,17H2,1-3H3,(H,26,30). The van der Waals surface area contributed by atoms with E-state index < -0.39 is 0 Å². The molecule has 1 unspecified atom stereocenters. The molecule has 32 heavy (non-hydrogen) atoms. The number of carbonyl (C=O) groups excluding carboxylic acids is 1. The number of carbonyl (C=O) groups is 1. The molecule has 168 valence electrons. The van der Waals surface area contributed by atoms with Crippen molar-refractivity contribution < 1.29 is 14.3 Å². The molecule has 0 bridgehead atoms. The summed E-state index contributed by atoms with van der Waals surface area (Å²) in [6.45, 7) is 4.57. The van der Waals surface area contributed by atoms with Crippen LogP contribution in [0, 0.1) is 6.92 Å². The van der Waals surface area contributed by atoms with Gasteiger partial charge in [-0.3, -0.25) is 9.69 Å². The quantitative estimate of drug-likeness (QED) is 0.585. The van der Waals surface area contributed by atoms with Crippen molar-refractivity contribution in [2.45, 2.75) is 25.8 Å². The molecule has 1 N–H and O–H groups in total. The highest BCUT2D eigenvalue weighted by atomic mass is 16.5. The lowest BCUT2D eigenvalue weighted by atomic mass is 10.0. The van der Waals surface area contributed by atoms with Gasteiger partial charge >= 0.3 is 0 Å². The molecule has 0 spiro atoms. The van der Waals surface area contributed by atoms with Crippen LogP contribution in [-0.4, -0.2) is 54.4 Å². The van der Waals surface area contributed by atoms with E-state index in [0.29, 0.717) is 18.0 Å².